The van der Waals surface area contributed by atoms with Gasteiger partial charge in [-0.25, -0.2) is 0 Å². The summed E-state index contributed by atoms with van der Waals surface area (Å²) in [6.45, 7) is 5.45. The number of benzene rings is 2. The maximum Gasteiger partial charge on any atom is 0.294 e. The Morgan fingerprint density at radius 2 is 1.64 bits per heavy atom. The highest BCUT2D eigenvalue weighted by atomic mass is 16.3. The average molecular weight is 335 g/mol. The molecule has 25 heavy (non-hydrogen) atoms. The zero-order chi connectivity index (χ0) is 18.1. The van der Waals surface area contributed by atoms with E-state index in [1.165, 1.54) is 4.90 Å². The lowest BCUT2D eigenvalue weighted by Gasteiger charge is -2.28. The highest BCUT2D eigenvalue weighted by Gasteiger charge is 2.44. The van der Waals surface area contributed by atoms with E-state index in [1.54, 1.807) is 13.8 Å². The third-order valence-electron chi connectivity index (χ3n) is 4.49. The molecule has 4 nitrogen and oxygen atoms in total. The van der Waals surface area contributed by atoms with E-state index in [0.29, 0.717) is 5.69 Å². The van der Waals surface area contributed by atoms with Gasteiger partial charge in [-0.1, -0.05) is 62.4 Å². The zero-order valence-electron chi connectivity index (χ0n) is 14.6. The molecule has 0 bridgehead atoms. The van der Waals surface area contributed by atoms with Gasteiger partial charge in [-0.2, -0.15) is 0 Å². The average Bonchev–Trinajstić information content (AvgIpc) is 2.87. The molecule has 0 aromatic heterocycles. The fourth-order valence-electron chi connectivity index (χ4n) is 3.20. The number of rotatable bonds is 4. The minimum Gasteiger partial charge on any atom is -0.503 e. The molecule has 2 aromatic rings. The minimum atomic E-state index is -0.621. The SMILES string of the molecule is Cc1ccccc1N1C(=O)C(O)=C(C(=O)C(C)C)C1c1ccccc1. The summed E-state index contributed by atoms with van der Waals surface area (Å²) < 4.78 is 0. The standard InChI is InChI=1S/C21H21NO3/c1-13(2)19(23)17-18(15-10-5-4-6-11-15)22(21(25)20(17)24)16-12-8-7-9-14(16)3/h4-13,18,24H,1-3H3. The first-order valence-corrected chi connectivity index (χ1v) is 8.35. The van der Waals surface area contributed by atoms with Crippen molar-refractivity contribution in [3.63, 3.8) is 0 Å². The van der Waals surface area contributed by atoms with Crippen LogP contribution in [0.15, 0.2) is 65.9 Å². The Morgan fingerprint density at radius 1 is 1.04 bits per heavy atom. The second kappa shape index (κ2) is 6.55. The number of hydrogen-bond acceptors (Lipinski definition) is 3. The summed E-state index contributed by atoms with van der Waals surface area (Å²) in [5.41, 5.74) is 2.57. The molecule has 0 saturated heterocycles. The molecule has 0 spiro atoms. The maximum atomic E-state index is 12.8. The van der Waals surface area contributed by atoms with Crippen LogP contribution in [0.1, 0.15) is 31.0 Å². The van der Waals surface area contributed by atoms with Gasteiger partial charge < -0.3 is 5.11 Å². The number of aryl methyl sites for hydroxylation is 1. The smallest absolute Gasteiger partial charge is 0.294 e. The van der Waals surface area contributed by atoms with Gasteiger partial charge in [-0.3, -0.25) is 14.5 Å². The van der Waals surface area contributed by atoms with E-state index in [2.05, 4.69) is 0 Å². The van der Waals surface area contributed by atoms with Gasteiger partial charge in [0.15, 0.2) is 11.5 Å². The number of aliphatic hydroxyl groups excluding tert-OH is 1. The fourth-order valence-corrected chi connectivity index (χ4v) is 3.20. The molecule has 1 heterocycles. The van der Waals surface area contributed by atoms with Crippen LogP contribution in [0.3, 0.4) is 0 Å². The lowest BCUT2D eigenvalue weighted by Crippen LogP contribution is -2.32. The Morgan fingerprint density at radius 3 is 2.24 bits per heavy atom. The molecule has 0 radical (unpaired) electrons. The zero-order valence-corrected chi connectivity index (χ0v) is 14.6. The molecule has 1 aliphatic rings. The van der Waals surface area contributed by atoms with Crippen LogP contribution >= 0.6 is 0 Å². The number of ketones is 1. The normalized spacial score (nSPS) is 17.5. The summed E-state index contributed by atoms with van der Waals surface area (Å²) in [5, 5.41) is 10.5. The largest absolute Gasteiger partial charge is 0.503 e. The van der Waals surface area contributed by atoms with E-state index >= 15 is 0 Å². The monoisotopic (exact) mass is 335 g/mol. The van der Waals surface area contributed by atoms with Crippen molar-refractivity contribution >= 4 is 17.4 Å². The van der Waals surface area contributed by atoms with Crippen LogP contribution in [0.25, 0.3) is 0 Å². The number of aliphatic hydroxyl groups is 1. The van der Waals surface area contributed by atoms with Crippen LogP contribution in [0, 0.1) is 12.8 Å². The van der Waals surface area contributed by atoms with E-state index in [-0.39, 0.29) is 17.3 Å². The maximum absolute atomic E-state index is 12.8. The summed E-state index contributed by atoms with van der Waals surface area (Å²) in [5.74, 6) is -1.51. The second-order valence-electron chi connectivity index (χ2n) is 6.56. The predicted molar refractivity (Wildman–Crippen MR) is 97.3 cm³/mol. The van der Waals surface area contributed by atoms with Gasteiger partial charge in [0.2, 0.25) is 0 Å². The number of carbonyl (C=O) groups is 2. The third kappa shape index (κ3) is 2.84. The van der Waals surface area contributed by atoms with E-state index in [0.717, 1.165) is 11.1 Å². The lowest BCUT2D eigenvalue weighted by atomic mass is 9.91. The van der Waals surface area contributed by atoms with Crippen molar-refractivity contribution < 1.29 is 14.7 Å². The number of nitrogens with zero attached hydrogens (tertiary/aromatic N) is 1. The van der Waals surface area contributed by atoms with Crippen LogP contribution in [-0.2, 0) is 9.59 Å². The Labute approximate surface area is 147 Å². The Hall–Kier alpha value is -2.88. The van der Waals surface area contributed by atoms with Crippen molar-refractivity contribution in [3.05, 3.63) is 77.1 Å². The van der Waals surface area contributed by atoms with Crippen LogP contribution in [-0.4, -0.2) is 16.8 Å². The summed E-state index contributed by atoms with van der Waals surface area (Å²) in [4.78, 5) is 27.1. The van der Waals surface area contributed by atoms with Crippen LogP contribution < -0.4 is 4.90 Å². The molecule has 1 N–H and O–H groups in total. The fraction of sp³-hybridized carbons (Fsp3) is 0.238. The molecule has 2 aromatic carbocycles. The van der Waals surface area contributed by atoms with Gasteiger partial charge in [0, 0.05) is 11.6 Å². The summed E-state index contributed by atoms with van der Waals surface area (Å²) in [7, 11) is 0. The molecule has 1 atom stereocenters. The summed E-state index contributed by atoms with van der Waals surface area (Å²) in [6.07, 6.45) is 0. The van der Waals surface area contributed by atoms with Gasteiger partial charge in [0.05, 0.1) is 11.6 Å². The third-order valence-corrected chi connectivity index (χ3v) is 4.49. The molecule has 0 fully saturated rings. The summed E-state index contributed by atoms with van der Waals surface area (Å²) in [6, 6.07) is 16.2. The number of para-hydroxylation sites is 1. The summed E-state index contributed by atoms with van der Waals surface area (Å²) >= 11 is 0. The molecule has 0 saturated carbocycles. The highest BCUT2D eigenvalue weighted by molar-refractivity contribution is 6.17. The Kier molecular flexibility index (Phi) is 4.45. The molecule has 1 aliphatic heterocycles. The number of hydrogen-bond donors (Lipinski definition) is 1. The molecule has 3 rings (SSSR count). The minimum absolute atomic E-state index is 0.175. The van der Waals surface area contributed by atoms with Gasteiger partial charge in [-0.05, 0) is 24.1 Å². The molecule has 128 valence electrons. The van der Waals surface area contributed by atoms with Gasteiger partial charge in [-0.15, -0.1) is 0 Å². The highest BCUT2D eigenvalue weighted by Crippen LogP contribution is 2.42. The van der Waals surface area contributed by atoms with E-state index in [9.17, 15) is 14.7 Å². The van der Waals surface area contributed by atoms with Crippen molar-refractivity contribution in [3.8, 4) is 0 Å². The van der Waals surface area contributed by atoms with Gasteiger partial charge >= 0.3 is 0 Å². The van der Waals surface area contributed by atoms with Crippen molar-refractivity contribution in [1.82, 2.24) is 0 Å². The van der Waals surface area contributed by atoms with Crippen LogP contribution in [0.4, 0.5) is 5.69 Å². The molecular formula is C21H21NO3. The first-order chi connectivity index (χ1) is 11.9. The van der Waals surface area contributed by atoms with E-state index in [1.807, 2.05) is 61.5 Å². The van der Waals surface area contributed by atoms with Crippen LogP contribution in [0.5, 0.6) is 0 Å². The van der Waals surface area contributed by atoms with E-state index < -0.39 is 17.7 Å². The van der Waals surface area contributed by atoms with Crippen molar-refractivity contribution in [1.29, 1.82) is 0 Å². The first-order valence-electron chi connectivity index (χ1n) is 8.35. The number of carbonyl (C=O) groups excluding carboxylic acids is 2. The van der Waals surface area contributed by atoms with Crippen molar-refractivity contribution in [2.75, 3.05) is 4.90 Å². The van der Waals surface area contributed by atoms with Crippen molar-refractivity contribution in [2.45, 2.75) is 26.8 Å². The molecule has 4 heteroatoms. The Balaban J connectivity index is 2.21. The number of amides is 1. The lowest BCUT2D eigenvalue weighted by molar-refractivity contribution is -0.119. The quantitative estimate of drug-likeness (QED) is 0.914. The number of anilines is 1. The molecule has 0 aliphatic carbocycles. The van der Waals surface area contributed by atoms with E-state index in [4.69, 9.17) is 0 Å². The predicted octanol–water partition coefficient (Wildman–Crippen LogP) is 4.12. The van der Waals surface area contributed by atoms with Crippen molar-refractivity contribution in [2.24, 2.45) is 5.92 Å². The van der Waals surface area contributed by atoms with Gasteiger partial charge in [0.1, 0.15) is 0 Å². The topological polar surface area (TPSA) is 57.6 Å². The molecular weight excluding hydrogens is 314 g/mol. The van der Waals surface area contributed by atoms with Crippen LogP contribution in [0.2, 0.25) is 0 Å². The first kappa shape index (κ1) is 17.0. The molecule has 1 unspecified atom stereocenters. The Bertz CT molecular complexity index is 852. The van der Waals surface area contributed by atoms with Gasteiger partial charge in [0.25, 0.3) is 5.91 Å². The number of Topliss-reactive ketones (excluding diaryl/α,β-unsaturated/α-hetero) is 1. The molecule has 1 amide bonds. The second-order valence-corrected chi connectivity index (χ2v) is 6.56.